The SMILES string of the molecule is CC1(C)Cc2cccc(n2)C(C)(C)c2cccc(c2)-c2cc(c(F)cc2F)-c2cccc1n2. The van der Waals surface area contributed by atoms with E-state index in [1.807, 2.05) is 54.6 Å². The second-order valence-corrected chi connectivity index (χ2v) is 10.0. The van der Waals surface area contributed by atoms with Crippen molar-refractivity contribution >= 4 is 0 Å². The number of fused-ring (bicyclic) bond motifs is 10. The zero-order valence-electron chi connectivity index (χ0n) is 19.3. The third kappa shape index (κ3) is 3.74. The Labute approximate surface area is 193 Å². The molecular formula is C29H26F2N2. The van der Waals surface area contributed by atoms with E-state index in [4.69, 9.17) is 9.97 Å². The molecule has 2 aromatic heterocycles. The molecule has 166 valence electrons. The van der Waals surface area contributed by atoms with Crippen LogP contribution in [0.25, 0.3) is 22.4 Å². The lowest BCUT2D eigenvalue weighted by Gasteiger charge is -2.28. The first-order valence-corrected chi connectivity index (χ1v) is 11.2. The molecule has 0 saturated heterocycles. The standard InChI is InChI=1S/C29H26F2N2/c1-28(2)17-20-10-6-13-27(32-20)29(3,4)19-9-5-8-18(14-19)21-15-22(24(31)16-23(21)30)25-11-7-12-26(28)33-25/h5-16H,17H2,1-4H3. The Bertz CT molecular complexity index is 1370. The van der Waals surface area contributed by atoms with Gasteiger partial charge in [-0.25, -0.2) is 8.78 Å². The second-order valence-electron chi connectivity index (χ2n) is 10.0. The highest BCUT2D eigenvalue weighted by molar-refractivity contribution is 5.73. The van der Waals surface area contributed by atoms with E-state index in [9.17, 15) is 8.78 Å². The molecule has 3 heterocycles. The van der Waals surface area contributed by atoms with Crippen molar-refractivity contribution in [3.63, 3.8) is 0 Å². The Morgan fingerprint density at radius 3 is 2.21 bits per heavy atom. The van der Waals surface area contributed by atoms with Gasteiger partial charge in [0.2, 0.25) is 0 Å². The number of hydrogen-bond acceptors (Lipinski definition) is 2. The molecule has 0 atom stereocenters. The predicted octanol–water partition coefficient (Wildman–Crippen LogP) is 7.25. The lowest BCUT2D eigenvalue weighted by Crippen LogP contribution is -2.25. The van der Waals surface area contributed by atoms with Crippen LogP contribution in [0, 0.1) is 11.6 Å². The van der Waals surface area contributed by atoms with Crippen molar-refractivity contribution in [2.24, 2.45) is 0 Å². The summed E-state index contributed by atoms with van der Waals surface area (Å²) in [6.45, 7) is 8.48. The minimum Gasteiger partial charge on any atom is -0.257 e. The van der Waals surface area contributed by atoms with Crippen LogP contribution in [0.3, 0.4) is 0 Å². The fourth-order valence-corrected chi connectivity index (χ4v) is 4.62. The summed E-state index contributed by atoms with van der Waals surface area (Å²) >= 11 is 0. The maximum absolute atomic E-state index is 15.0. The van der Waals surface area contributed by atoms with Crippen LogP contribution < -0.4 is 0 Å². The van der Waals surface area contributed by atoms with Gasteiger partial charge >= 0.3 is 0 Å². The number of benzene rings is 2. The molecule has 33 heavy (non-hydrogen) atoms. The summed E-state index contributed by atoms with van der Waals surface area (Å²) in [5.74, 6) is -1.21. The summed E-state index contributed by atoms with van der Waals surface area (Å²) in [5, 5.41) is 0. The van der Waals surface area contributed by atoms with Crippen LogP contribution in [0.2, 0.25) is 0 Å². The molecule has 0 N–H and O–H groups in total. The van der Waals surface area contributed by atoms with Crippen LogP contribution in [0.5, 0.6) is 0 Å². The van der Waals surface area contributed by atoms with Crippen molar-refractivity contribution in [1.82, 2.24) is 9.97 Å². The minimum atomic E-state index is -0.618. The molecule has 0 spiro atoms. The summed E-state index contributed by atoms with van der Waals surface area (Å²) in [4.78, 5) is 9.83. The van der Waals surface area contributed by atoms with Gasteiger partial charge in [0.05, 0.1) is 11.4 Å². The minimum absolute atomic E-state index is 0.294. The molecule has 4 heteroatoms. The van der Waals surface area contributed by atoms with Crippen LogP contribution in [0.1, 0.15) is 50.3 Å². The van der Waals surface area contributed by atoms with Crippen molar-refractivity contribution in [2.75, 3.05) is 0 Å². The van der Waals surface area contributed by atoms with Gasteiger partial charge in [-0.2, -0.15) is 0 Å². The molecule has 0 radical (unpaired) electrons. The van der Waals surface area contributed by atoms with Gasteiger partial charge in [-0.05, 0) is 41.5 Å². The molecule has 1 aliphatic rings. The van der Waals surface area contributed by atoms with Gasteiger partial charge in [0.25, 0.3) is 0 Å². The van der Waals surface area contributed by atoms with Crippen molar-refractivity contribution in [3.8, 4) is 22.4 Å². The Hall–Kier alpha value is -3.40. The normalized spacial score (nSPS) is 15.9. The molecule has 0 fully saturated rings. The van der Waals surface area contributed by atoms with E-state index in [0.717, 1.165) is 28.7 Å². The molecule has 0 saturated carbocycles. The average Bonchev–Trinajstić information content (AvgIpc) is 2.79. The summed E-state index contributed by atoms with van der Waals surface area (Å²) in [6, 6.07) is 22.1. The third-order valence-electron chi connectivity index (χ3n) is 6.74. The van der Waals surface area contributed by atoms with Crippen molar-refractivity contribution in [3.05, 3.63) is 107 Å². The van der Waals surface area contributed by atoms with E-state index in [1.165, 1.54) is 0 Å². The topological polar surface area (TPSA) is 25.8 Å². The average molecular weight is 441 g/mol. The molecule has 2 nitrogen and oxygen atoms in total. The molecule has 4 aromatic rings. The molecule has 0 aliphatic carbocycles. The number of hydrogen-bond donors (Lipinski definition) is 0. The van der Waals surface area contributed by atoms with E-state index in [0.29, 0.717) is 28.8 Å². The van der Waals surface area contributed by atoms with E-state index in [1.54, 1.807) is 12.1 Å². The van der Waals surface area contributed by atoms with Gasteiger partial charge in [-0.3, -0.25) is 9.97 Å². The Morgan fingerprint density at radius 2 is 1.39 bits per heavy atom. The number of nitrogens with zero attached hydrogens (tertiary/aromatic N) is 2. The zero-order valence-corrected chi connectivity index (χ0v) is 19.3. The zero-order chi connectivity index (χ0) is 23.4. The maximum Gasteiger partial charge on any atom is 0.135 e. The third-order valence-corrected chi connectivity index (χ3v) is 6.74. The van der Waals surface area contributed by atoms with Crippen LogP contribution in [0.15, 0.2) is 72.8 Å². The van der Waals surface area contributed by atoms with Gasteiger partial charge in [0.1, 0.15) is 11.6 Å². The first-order chi connectivity index (χ1) is 15.6. The van der Waals surface area contributed by atoms with E-state index in [2.05, 4.69) is 27.7 Å². The number of pyridine rings is 2. The fourth-order valence-electron chi connectivity index (χ4n) is 4.62. The molecule has 1 aliphatic heterocycles. The predicted molar refractivity (Wildman–Crippen MR) is 128 cm³/mol. The van der Waals surface area contributed by atoms with Crippen molar-refractivity contribution in [2.45, 2.75) is 44.9 Å². The van der Waals surface area contributed by atoms with Gasteiger partial charge in [0.15, 0.2) is 0 Å². The molecule has 5 rings (SSSR count). The Morgan fingerprint density at radius 1 is 0.697 bits per heavy atom. The lowest BCUT2D eigenvalue weighted by molar-refractivity contribution is 0.495. The smallest absolute Gasteiger partial charge is 0.135 e. The van der Waals surface area contributed by atoms with E-state index >= 15 is 0 Å². The maximum atomic E-state index is 15.0. The highest BCUT2D eigenvalue weighted by Crippen LogP contribution is 2.37. The molecule has 2 aromatic carbocycles. The second kappa shape index (κ2) is 7.58. The quantitative estimate of drug-likeness (QED) is 0.288. The van der Waals surface area contributed by atoms with Crippen LogP contribution in [-0.4, -0.2) is 9.97 Å². The summed E-state index contributed by atoms with van der Waals surface area (Å²) in [6.07, 6.45) is 0.685. The van der Waals surface area contributed by atoms with Gasteiger partial charge in [-0.1, -0.05) is 64.1 Å². The van der Waals surface area contributed by atoms with Gasteiger partial charge < -0.3 is 0 Å². The van der Waals surface area contributed by atoms with Crippen LogP contribution in [-0.2, 0) is 17.3 Å². The van der Waals surface area contributed by atoms with Gasteiger partial charge in [-0.15, -0.1) is 0 Å². The van der Waals surface area contributed by atoms with Crippen molar-refractivity contribution < 1.29 is 8.78 Å². The van der Waals surface area contributed by atoms with Crippen molar-refractivity contribution in [1.29, 1.82) is 0 Å². The van der Waals surface area contributed by atoms with E-state index in [-0.39, 0.29) is 5.41 Å². The molecule has 0 amide bonds. The van der Waals surface area contributed by atoms with Crippen LogP contribution in [0.4, 0.5) is 8.78 Å². The Balaban J connectivity index is 1.84. The number of halogens is 2. The first kappa shape index (κ1) is 21.4. The van der Waals surface area contributed by atoms with Gasteiger partial charge in [0, 0.05) is 45.8 Å². The summed E-state index contributed by atoms with van der Waals surface area (Å²) in [5.41, 5.74) is 4.89. The number of aromatic nitrogens is 2. The lowest BCUT2D eigenvalue weighted by atomic mass is 9.79. The van der Waals surface area contributed by atoms with E-state index < -0.39 is 17.0 Å². The summed E-state index contributed by atoms with van der Waals surface area (Å²) < 4.78 is 29.9. The highest BCUT2D eigenvalue weighted by Gasteiger charge is 2.29. The Kier molecular flexibility index (Phi) is 4.93. The largest absolute Gasteiger partial charge is 0.257 e. The summed E-state index contributed by atoms with van der Waals surface area (Å²) in [7, 11) is 0. The highest BCUT2D eigenvalue weighted by atomic mass is 19.1. The van der Waals surface area contributed by atoms with Crippen LogP contribution >= 0.6 is 0 Å². The molecule has 8 bridgehead atoms. The fraction of sp³-hybridized carbons (Fsp3) is 0.241. The first-order valence-electron chi connectivity index (χ1n) is 11.2. The molecular weight excluding hydrogens is 414 g/mol. The number of rotatable bonds is 0. The molecule has 0 unspecified atom stereocenters. The monoisotopic (exact) mass is 440 g/mol.